The van der Waals surface area contributed by atoms with E-state index in [1.54, 1.807) is 16.8 Å². The predicted molar refractivity (Wildman–Crippen MR) is 105 cm³/mol. The number of aromatic nitrogens is 1. The number of rotatable bonds is 3. The Labute approximate surface area is 163 Å². The van der Waals surface area contributed by atoms with Gasteiger partial charge in [-0.1, -0.05) is 18.2 Å². The van der Waals surface area contributed by atoms with E-state index in [-0.39, 0.29) is 30.5 Å². The number of hydrogen-bond donors (Lipinski definition) is 1. The minimum absolute atomic E-state index is 0.0770. The molecule has 0 aliphatic carbocycles. The lowest BCUT2D eigenvalue weighted by Crippen LogP contribution is -2.61. The van der Waals surface area contributed by atoms with Crippen LogP contribution in [0, 0.1) is 0 Å². The van der Waals surface area contributed by atoms with Gasteiger partial charge < -0.3 is 19.5 Å². The summed E-state index contributed by atoms with van der Waals surface area (Å²) < 4.78 is 1.53. The van der Waals surface area contributed by atoms with Crippen molar-refractivity contribution >= 4 is 22.7 Å². The molecule has 0 radical (unpaired) electrons. The van der Waals surface area contributed by atoms with E-state index >= 15 is 0 Å². The second-order valence-corrected chi connectivity index (χ2v) is 7.68. The number of piperidine rings is 1. The van der Waals surface area contributed by atoms with E-state index in [2.05, 4.69) is 0 Å². The maximum atomic E-state index is 13.6. The number of fused-ring (bicyclic) bond motifs is 1. The number of pyridine rings is 1. The van der Waals surface area contributed by atoms with Crippen LogP contribution in [0.4, 0.5) is 0 Å². The van der Waals surface area contributed by atoms with Crippen LogP contribution >= 0.6 is 0 Å². The molecule has 7 heteroatoms. The molecular formula is C21H25N3O4. The normalized spacial score (nSPS) is 22.4. The van der Waals surface area contributed by atoms with Crippen LogP contribution in [0.5, 0.6) is 0 Å². The van der Waals surface area contributed by atoms with Crippen LogP contribution in [0.1, 0.15) is 36.0 Å². The first-order chi connectivity index (χ1) is 13.5. The first kappa shape index (κ1) is 18.7. The molecule has 1 unspecified atom stereocenters. The van der Waals surface area contributed by atoms with Crippen LogP contribution in [-0.4, -0.2) is 63.1 Å². The van der Waals surface area contributed by atoms with Gasteiger partial charge in [0.15, 0.2) is 0 Å². The van der Waals surface area contributed by atoms with Gasteiger partial charge >= 0.3 is 0 Å². The highest BCUT2D eigenvalue weighted by atomic mass is 16.3. The fourth-order valence-electron chi connectivity index (χ4n) is 4.79. The monoisotopic (exact) mass is 383 g/mol. The van der Waals surface area contributed by atoms with E-state index in [9.17, 15) is 19.5 Å². The van der Waals surface area contributed by atoms with Crippen molar-refractivity contribution < 1.29 is 14.7 Å². The molecule has 2 aromatic rings. The molecule has 1 aromatic heterocycles. The number of likely N-dealkylation sites (tertiary alicyclic amines) is 2. The summed E-state index contributed by atoms with van der Waals surface area (Å²) in [6, 6.07) is 8.73. The molecule has 7 nitrogen and oxygen atoms in total. The van der Waals surface area contributed by atoms with Gasteiger partial charge in [0.05, 0.1) is 17.7 Å². The quantitative estimate of drug-likeness (QED) is 0.861. The fourth-order valence-corrected chi connectivity index (χ4v) is 4.79. The highest BCUT2D eigenvalue weighted by Crippen LogP contribution is 2.39. The Hall–Kier alpha value is -2.67. The molecule has 2 aliphatic rings. The summed E-state index contributed by atoms with van der Waals surface area (Å²) in [6.45, 7) is 1.31. The molecule has 1 N–H and O–H groups in total. The summed E-state index contributed by atoms with van der Waals surface area (Å²) in [4.78, 5) is 42.6. The summed E-state index contributed by atoms with van der Waals surface area (Å²) in [5.41, 5.74) is -0.0464. The number of aliphatic hydroxyl groups is 1. The molecule has 2 aliphatic heterocycles. The van der Waals surface area contributed by atoms with Crippen molar-refractivity contribution in [3.63, 3.8) is 0 Å². The van der Waals surface area contributed by atoms with Gasteiger partial charge in [0, 0.05) is 38.1 Å². The number of β-amino-alcohol motifs (C(OH)–C–C–N with tert-alkyl or cyclic N) is 1. The van der Waals surface area contributed by atoms with Crippen molar-refractivity contribution in [2.45, 2.75) is 31.2 Å². The summed E-state index contributed by atoms with van der Waals surface area (Å²) >= 11 is 0. The Kier molecular flexibility index (Phi) is 4.71. The smallest absolute Gasteiger partial charge is 0.255 e. The molecule has 2 amide bonds. The maximum absolute atomic E-state index is 13.6. The molecule has 0 bridgehead atoms. The molecule has 1 atom stereocenters. The first-order valence-corrected chi connectivity index (χ1v) is 9.80. The van der Waals surface area contributed by atoms with Crippen LogP contribution in [0.3, 0.4) is 0 Å². The van der Waals surface area contributed by atoms with Crippen molar-refractivity contribution in [3.05, 3.63) is 46.2 Å². The zero-order valence-electron chi connectivity index (χ0n) is 16.1. The molecule has 28 heavy (non-hydrogen) atoms. The van der Waals surface area contributed by atoms with E-state index in [4.69, 9.17) is 0 Å². The molecule has 2 fully saturated rings. The Balaban J connectivity index is 1.78. The topological polar surface area (TPSA) is 82.8 Å². The summed E-state index contributed by atoms with van der Waals surface area (Å²) in [5.74, 6) is -0.336. The molecule has 148 valence electrons. The summed E-state index contributed by atoms with van der Waals surface area (Å²) in [6.07, 6.45) is 2.81. The van der Waals surface area contributed by atoms with Crippen molar-refractivity contribution in [2.24, 2.45) is 7.05 Å². The fraction of sp³-hybridized carbons (Fsp3) is 0.476. The van der Waals surface area contributed by atoms with Crippen LogP contribution in [0.25, 0.3) is 10.9 Å². The predicted octanol–water partition coefficient (Wildman–Crippen LogP) is 1.13. The number of nitrogens with zero attached hydrogens (tertiary/aromatic N) is 3. The highest BCUT2D eigenvalue weighted by Gasteiger charge is 2.52. The Morgan fingerprint density at radius 1 is 1.14 bits per heavy atom. The summed E-state index contributed by atoms with van der Waals surface area (Å²) in [7, 11) is 1.69. The standard InChI is InChI=1S/C21H25N3O4/c1-22-17-7-3-2-6-15(17)16(14-18(22)26)19(27)24-11-5-9-21(24)8-4-10-23(12-13-25)20(21)28/h2-3,6-7,14,25H,4-5,8-13H2,1H3. The van der Waals surface area contributed by atoms with Gasteiger partial charge in [-0.25, -0.2) is 0 Å². The number of aryl methyl sites for hydroxylation is 1. The number of benzene rings is 1. The van der Waals surface area contributed by atoms with Crippen LogP contribution in [-0.2, 0) is 11.8 Å². The Bertz CT molecular complexity index is 997. The van der Waals surface area contributed by atoms with E-state index < -0.39 is 5.54 Å². The van der Waals surface area contributed by atoms with Gasteiger partial charge in [-0.15, -0.1) is 0 Å². The third-order valence-corrected chi connectivity index (χ3v) is 6.19. The molecule has 0 saturated carbocycles. The van der Waals surface area contributed by atoms with Crippen molar-refractivity contribution in [2.75, 3.05) is 26.2 Å². The molecular weight excluding hydrogens is 358 g/mol. The van der Waals surface area contributed by atoms with Crippen LogP contribution < -0.4 is 5.56 Å². The van der Waals surface area contributed by atoms with E-state index in [1.807, 2.05) is 24.3 Å². The highest BCUT2D eigenvalue weighted by molar-refractivity contribution is 6.08. The molecule has 4 rings (SSSR count). The second kappa shape index (κ2) is 7.05. The number of amides is 2. The zero-order chi connectivity index (χ0) is 19.9. The SMILES string of the molecule is Cn1c(=O)cc(C(=O)N2CCCC23CCCN(CCO)C3=O)c2ccccc21. The number of carbonyl (C=O) groups is 2. The lowest BCUT2D eigenvalue weighted by Gasteiger charge is -2.44. The number of hydrogen-bond acceptors (Lipinski definition) is 4. The molecule has 2 saturated heterocycles. The minimum Gasteiger partial charge on any atom is -0.395 e. The third kappa shape index (κ3) is 2.73. The number of carbonyl (C=O) groups excluding carboxylic acids is 2. The van der Waals surface area contributed by atoms with Gasteiger partial charge in [-0.3, -0.25) is 14.4 Å². The number of para-hydroxylation sites is 1. The van der Waals surface area contributed by atoms with Crippen molar-refractivity contribution in [3.8, 4) is 0 Å². The van der Waals surface area contributed by atoms with E-state index in [0.29, 0.717) is 42.4 Å². The Morgan fingerprint density at radius 3 is 2.61 bits per heavy atom. The lowest BCUT2D eigenvalue weighted by molar-refractivity contribution is -0.146. The van der Waals surface area contributed by atoms with Gasteiger partial charge in [0.25, 0.3) is 11.5 Å². The van der Waals surface area contributed by atoms with E-state index in [1.165, 1.54) is 10.6 Å². The van der Waals surface area contributed by atoms with E-state index in [0.717, 1.165) is 12.8 Å². The van der Waals surface area contributed by atoms with Crippen LogP contribution in [0.15, 0.2) is 35.1 Å². The largest absolute Gasteiger partial charge is 0.395 e. The van der Waals surface area contributed by atoms with Crippen molar-refractivity contribution in [1.82, 2.24) is 14.4 Å². The summed E-state index contributed by atoms with van der Waals surface area (Å²) in [5, 5.41) is 10.00. The molecule has 3 heterocycles. The maximum Gasteiger partial charge on any atom is 0.255 e. The minimum atomic E-state index is -0.854. The average Bonchev–Trinajstić information content (AvgIpc) is 3.12. The average molecular weight is 383 g/mol. The van der Waals surface area contributed by atoms with Crippen molar-refractivity contribution in [1.29, 1.82) is 0 Å². The zero-order valence-corrected chi connectivity index (χ0v) is 16.1. The van der Waals surface area contributed by atoms with Gasteiger partial charge in [0.2, 0.25) is 5.91 Å². The first-order valence-electron chi connectivity index (χ1n) is 9.80. The van der Waals surface area contributed by atoms with Gasteiger partial charge in [0.1, 0.15) is 5.54 Å². The van der Waals surface area contributed by atoms with Gasteiger partial charge in [-0.2, -0.15) is 0 Å². The number of aliphatic hydroxyl groups excluding tert-OH is 1. The molecule has 1 aromatic carbocycles. The Morgan fingerprint density at radius 2 is 1.86 bits per heavy atom. The van der Waals surface area contributed by atoms with Crippen LogP contribution in [0.2, 0.25) is 0 Å². The van der Waals surface area contributed by atoms with Gasteiger partial charge in [-0.05, 0) is 31.7 Å². The molecule has 1 spiro atoms. The second-order valence-electron chi connectivity index (χ2n) is 7.68. The lowest BCUT2D eigenvalue weighted by atomic mass is 9.85. The third-order valence-electron chi connectivity index (χ3n) is 6.19.